The van der Waals surface area contributed by atoms with E-state index in [4.69, 9.17) is 28.4 Å². The van der Waals surface area contributed by atoms with Crippen molar-refractivity contribution in [2.45, 2.75) is 77.2 Å². The highest BCUT2D eigenvalue weighted by atomic mass is 32.2. The Morgan fingerprint density at radius 2 is 0.650 bits per heavy atom. The van der Waals surface area contributed by atoms with Gasteiger partial charge in [0.1, 0.15) is 23.0 Å². The van der Waals surface area contributed by atoms with Crippen molar-refractivity contribution in [1.29, 1.82) is 0 Å². The number of carbonyl (C=O) groups is 2. The standard InChI is InChI=1S/2C22H29NO6S/c2*1-5-21(22(24)29-6-2)30(25,26)23(15-17-7-11-19(27-3)12-8-17)16-18-9-13-20(28-4)14-10-18/h2*7-14,21H,5-6,15-16H2,1-4H3/t2*21-/m10/s1. The smallest absolute Gasteiger partial charge is 0.325 e. The van der Waals surface area contributed by atoms with Crippen molar-refractivity contribution < 1.29 is 54.8 Å². The minimum absolute atomic E-state index is 0.119. The molecule has 14 nitrogen and oxygen atoms in total. The minimum Gasteiger partial charge on any atom is -0.497 e. The summed E-state index contributed by atoms with van der Waals surface area (Å²) in [6.45, 7) is 7.37. The molecule has 4 rings (SSSR count). The molecule has 0 radical (unpaired) electrons. The summed E-state index contributed by atoms with van der Waals surface area (Å²) in [5.74, 6) is 1.27. The molecule has 0 bridgehead atoms. The van der Waals surface area contributed by atoms with Crippen LogP contribution in [0.2, 0.25) is 0 Å². The first-order valence-corrected chi connectivity index (χ1v) is 22.5. The molecule has 60 heavy (non-hydrogen) atoms. The normalized spacial score (nSPS) is 12.4. The molecule has 0 fully saturated rings. The van der Waals surface area contributed by atoms with E-state index in [1.54, 1.807) is 153 Å². The average Bonchev–Trinajstić information content (AvgIpc) is 3.25. The van der Waals surface area contributed by atoms with Gasteiger partial charge in [0, 0.05) is 26.2 Å². The summed E-state index contributed by atoms with van der Waals surface area (Å²) in [7, 11) is -1.65. The Bertz CT molecular complexity index is 1880. The van der Waals surface area contributed by atoms with Gasteiger partial charge in [-0.15, -0.1) is 0 Å². The second-order valence-electron chi connectivity index (χ2n) is 13.3. The molecule has 0 saturated carbocycles. The van der Waals surface area contributed by atoms with E-state index in [-0.39, 0.29) is 52.2 Å². The molecule has 0 spiro atoms. The zero-order valence-electron chi connectivity index (χ0n) is 35.7. The summed E-state index contributed by atoms with van der Waals surface area (Å²) < 4.78 is 87.0. The molecule has 16 heteroatoms. The Morgan fingerprint density at radius 1 is 0.433 bits per heavy atom. The molecule has 0 heterocycles. The number of benzene rings is 4. The molecular formula is C44H58N2O12S2. The molecule has 0 saturated heterocycles. The van der Waals surface area contributed by atoms with Crippen LogP contribution in [0.3, 0.4) is 0 Å². The van der Waals surface area contributed by atoms with Crippen LogP contribution in [0.15, 0.2) is 97.1 Å². The lowest BCUT2D eigenvalue weighted by molar-refractivity contribution is -0.143. The maximum Gasteiger partial charge on any atom is 0.325 e. The van der Waals surface area contributed by atoms with Gasteiger partial charge < -0.3 is 28.4 Å². The van der Waals surface area contributed by atoms with E-state index >= 15 is 0 Å². The van der Waals surface area contributed by atoms with Crippen molar-refractivity contribution in [3.05, 3.63) is 119 Å². The summed E-state index contributed by atoms with van der Waals surface area (Å²) in [6, 6.07) is 28.6. The highest BCUT2D eigenvalue weighted by Crippen LogP contribution is 2.25. The lowest BCUT2D eigenvalue weighted by Crippen LogP contribution is -2.42. The SMILES string of the molecule is CCOC(=O)[C@@H](CC)S(=O)(=O)N(Cc1ccc(OC)cc1)Cc1ccc(OC)cc1.CCOC(=O)[C@H](CC)S(=O)(=O)N(Cc1ccc(OC)cc1)Cc1ccc(OC)cc1. The van der Waals surface area contributed by atoms with Gasteiger partial charge in [-0.1, -0.05) is 62.4 Å². The van der Waals surface area contributed by atoms with E-state index in [9.17, 15) is 26.4 Å². The zero-order chi connectivity index (χ0) is 44.3. The third-order valence-corrected chi connectivity index (χ3v) is 13.8. The van der Waals surface area contributed by atoms with E-state index in [0.717, 1.165) is 22.3 Å². The Labute approximate surface area is 355 Å². The van der Waals surface area contributed by atoms with Crippen LogP contribution in [-0.2, 0) is 65.3 Å². The predicted molar refractivity (Wildman–Crippen MR) is 230 cm³/mol. The van der Waals surface area contributed by atoms with E-state index in [2.05, 4.69) is 0 Å². The van der Waals surface area contributed by atoms with Crippen molar-refractivity contribution in [2.24, 2.45) is 0 Å². The highest BCUT2D eigenvalue weighted by molar-refractivity contribution is 7.90. The first-order valence-electron chi connectivity index (χ1n) is 19.5. The first-order chi connectivity index (χ1) is 28.7. The molecule has 0 amide bonds. The van der Waals surface area contributed by atoms with Gasteiger partial charge in [0.2, 0.25) is 20.0 Å². The minimum atomic E-state index is -3.97. The van der Waals surface area contributed by atoms with Gasteiger partial charge in [0.15, 0.2) is 10.5 Å². The fourth-order valence-corrected chi connectivity index (χ4v) is 9.54. The first kappa shape index (κ1) is 49.2. The summed E-state index contributed by atoms with van der Waals surface area (Å²) in [6.07, 6.45) is 0.256. The number of hydrogen-bond donors (Lipinski definition) is 0. The molecule has 0 aliphatic heterocycles. The molecule has 0 unspecified atom stereocenters. The van der Waals surface area contributed by atoms with E-state index in [1.807, 2.05) is 0 Å². The number of ether oxygens (including phenoxy) is 6. The number of esters is 2. The number of methoxy groups -OCH3 is 4. The number of hydrogen-bond acceptors (Lipinski definition) is 12. The summed E-state index contributed by atoms with van der Waals surface area (Å²) in [5.41, 5.74) is 3.14. The van der Waals surface area contributed by atoms with Crippen LogP contribution in [-0.4, -0.2) is 89.5 Å². The summed E-state index contributed by atoms with van der Waals surface area (Å²) >= 11 is 0. The Kier molecular flexibility index (Phi) is 19.8. The van der Waals surface area contributed by atoms with E-state index in [0.29, 0.717) is 23.0 Å². The monoisotopic (exact) mass is 870 g/mol. The molecule has 4 aromatic rings. The van der Waals surface area contributed by atoms with Crippen LogP contribution in [0.25, 0.3) is 0 Å². The topological polar surface area (TPSA) is 164 Å². The van der Waals surface area contributed by atoms with Gasteiger partial charge in [-0.3, -0.25) is 9.59 Å². The maximum absolute atomic E-state index is 13.4. The maximum atomic E-state index is 13.4. The van der Waals surface area contributed by atoms with Crippen LogP contribution in [0.1, 0.15) is 62.8 Å². The molecular weight excluding hydrogens is 813 g/mol. The highest BCUT2D eigenvalue weighted by Gasteiger charge is 2.38. The Balaban J connectivity index is 0.000000320. The van der Waals surface area contributed by atoms with Crippen LogP contribution < -0.4 is 18.9 Å². The Morgan fingerprint density at radius 3 is 0.817 bits per heavy atom. The third kappa shape index (κ3) is 14.0. The van der Waals surface area contributed by atoms with Gasteiger partial charge in [0.05, 0.1) is 41.7 Å². The number of carbonyl (C=O) groups excluding carboxylic acids is 2. The molecule has 2 atom stereocenters. The fraction of sp³-hybridized carbons (Fsp3) is 0.409. The van der Waals surface area contributed by atoms with Crippen LogP contribution in [0, 0.1) is 0 Å². The molecule has 0 aliphatic carbocycles. The molecule has 4 aromatic carbocycles. The van der Waals surface area contributed by atoms with Crippen LogP contribution in [0.5, 0.6) is 23.0 Å². The fourth-order valence-electron chi connectivity index (χ4n) is 6.04. The largest absolute Gasteiger partial charge is 0.497 e. The van der Waals surface area contributed by atoms with Gasteiger partial charge >= 0.3 is 11.9 Å². The lowest BCUT2D eigenvalue weighted by Gasteiger charge is -2.26. The molecule has 0 aromatic heterocycles. The van der Waals surface area contributed by atoms with Crippen molar-refractivity contribution in [1.82, 2.24) is 8.61 Å². The van der Waals surface area contributed by atoms with E-state index < -0.39 is 42.5 Å². The molecule has 0 aliphatic rings. The van der Waals surface area contributed by atoms with Crippen molar-refractivity contribution >= 4 is 32.0 Å². The number of nitrogens with zero attached hydrogens (tertiary/aromatic N) is 2. The third-order valence-electron chi connectivity index (χ3n) is 9.35. The van der Waals surface area contributed by atoms with Crippen molar-refractivity contribution in [3.8, 4) is 23.0 Å². The average molecular weight is 871 g/mol. The zero-order valence-corrected chi connectivity index (χ0v) is 37.3. The van der Waals surface area contributed by atoms with Crippen LogP contribution in [0.4, 0.5) is 0 Å². The van der Waals surface area contributed by atoms with Crippen molar-refractivity contribution in [3.63, 3.8) is 0 Å². The second kappa shape index (κ2) is 24.2. The molecule has 328 valence electrons. The number of rotatable bonds is 22. The second-order valence-corrected chi connectivity index (χ2v) is 17.5. The van der Waals surface area contributed by atoms with Gasteiger partial charge in [-0.25, -0.2) is 16.8 Å². The summed E-state index contributed by atoms with van der Waals surface area (Å²) in [5, 5.41) is -2.51. The predicted octanol–water partition coefficient (Wildman–Crippen LogP) is 6.76. The Hall–Kier alpha value is -5.16. The van der Waals surface area contributed by atoms with E-state index in [1.165, 1.54) is 8.61 Å². The quantitative estimate of drug-likeness (QED) is 0.0765. The van der Waals surface area contributed by atoms with Gasteiger partial charge in [0.25, 0.3) is 0 Å². The van der Waals surface area contributed by atoms with Gasteiger partial charge in [-0.05, 0) is 97.5 Å². The van der Waals surface area contributed by atoms with Gasteiger partial charge in [-0.2, -0.15) is 8.61 Å². The lowest BCUT2D eigenvalue weighted by atomic mass is 10.2. The summed E-state index contributed by atoms with van der Waals surface area (Å²) in [4.78, 5) is 24.7. The molecule has 0 N–H and O–H groups in total. The van der Waals surface area contributed by atoms with Crippen LogP contribution >= 0.6 is 0 Å². The van der Waals surface area contributed by atoms with Crippen molar-refractivity contribution in [2.75, 3.05) is 41.7 Å². The number of sulfonamides is 2.